The highest BCUT2D eigenvalue weighted by Gasteiger charge is 2.43. The van der Waals surface area contributed by atoms with Crippen LogP contribution in [0.4, 0.5) is 9.59 Å². The van der Waals surface area contributed by atoms with Gasteiger partial charge in [0.25, 0.3) is 0 Å². The number of nitrogens with zero attached hydrogens (tertiary/aromatic N) is 1. The lowest BCUT2D eigenvalue weighted by Crippen LogP contribution is -2.54. The number of cyclic esters (lactones) is 1. The van der Waals surface area contributed by atoms with Crippen molar-refractivity contribution in [1.82, 2.24) is 10.4 Å². The van der Waals surface area contributed by atoms with Crippen molar-refractivity contribution in [1.29, 1.82) is 0 Å². The molecule has 6 nitrogen and oxygen atoms in total. The van der Waals surface area contributed by atoms with Gasteiger partial charge in [0.15, 0.2) is 0 Å². The number of hydrazine groups is 1. The van der Waals surface area contributed by atoms with Crippen molar-refractivity contribution < 1.29 is 19.1 Å². The van der Waals surface area contributed by atoms with Crippen LogP contribution in [0.5, 0.6) is 0 Å². The Morgan fingerprint density at radius 3 is 2.87 bits per heavy atom. The van der Waals surface area contributed by atoms with Gasteiger partial charge in [-0.15, -0.1) is 0 Å². The molecule has 6 heteroatoms. The molecule has 2 amide bonds. The Morgan fingerprint density at radius 2 is 2.33 bits per heavy atom. The van der Waals surface area contributed by atoms with E-state index in [-0.39, 0.29) is 13.2 Å². The zero-order valence-corrected chi connectivity index (χ0v) is 9.20. The molecule has 1 aliphatic heterocycles. The highest BCUT2D eigenvalue weighted by atomic mass is 16.6. The van der Waals surface area contributed by atoms with Crippen LogP contribution in [0.1, 0.15) is 27.2 Å². The van der Waals surface area contributed by atoms with E-state index in [4.69, 9.17) is 9.47 Å². The lowest BCUT2D eigenvalue weighted by atomic mass is 10.0. The molecule has 1 aliphatic rings. The molecule has 0 spiro atoms. The summed E-state index contributed by atoms with van der Waals surface area (Å²) in [6, 6.07) is 0. The lowest BCUT2D eigenvalue weighted by molar-refractivity contribution is 0.0858. The number of rotatable bonds is 3. The predicted molar refractivity (Wildman–Crippen MR) is 52.0 cm³/mol. The first-order valence-electron chi connectivity index (χ1n) is 4.94. The minimum absolute atomic E-state index is 0.261. The van der Waals surface area contributed by atoms with Crippen molar-refractivity contribution >= 4 is 12.2 Å². The maximum Gasteiger partial charge on any atom is 0.429 e. The summed E-state index contributed by atoms with van der Waals surface area (Å²) in [5, 5.41) is 1.19. The van der Waals surface area contributed by atoms with Gasteiger partial charge in [0, 0.05) is 0 Å². The van der Waals surface area contributed by atoms with E-state index in [0.717, 1.165) is 0 Å². The quantitative estimate of drug-likeness (QED) is 0.771. The summed E-state index contributed by atoms with van der Waals surface area (Å²) < 4.78 is 9.56. The van der Waals surface area contributed by atoms with E-state index >= 15 is 0 Å². The van der Waals surface area contributed by atoms with Crippen LogP contribution in [0.3, 0.4) is 0 Å². The standard InChI is InChI=1S/C9H16N2O4/c1-4-9(3)6-15-8(13)11(9)10-7(12)14-5-2/h4-6H2,1-3H3,(H,10,12). The van der Waals surface area contributed by atoms with Crippen molar-refractivity contribution in [2.75, 3.05) is 13.2 Å². The Hall–Kier alpha value is -1.46. The molecule has 86 valence electrons. The van der Waals surface area contributed by atoms with Gasteiger partial charge >= 0.3 is 12.2 Å². The summed E-state index contributed by atoms with van der Waals surface area (Å²) in [6.07, 6.45) is -0.506. The van der Waals surface area contributed by atoms with Gasteiger partial charge in [0.05, 0.1) is 12.1 Å². The van der Waals surface area contributed by atoms with Gasteiger partial charge in [-0.25, -0.2) is 20.0 Å². The maximum absolute atomic E-state index is 11.3. The summed E-state index contributed by atoms with van der Waals surface area (Å²) in [4.78, 5) is 22.5. The number of ether oxygens (including phenoxy) is 2. The van der Waals surface area contributed by atoms with E-state index in [1.807, 2.05) is 13.8 Å². The van der Waals surface area contributed by atoms with Crippen LogP contribution in [0.15, 0.2) is 0 Å². The van der Waals surface area contributed by atoms with Gasteiger partial charge in [-0.1, -0.05) is 6.92 Å². The minimum atomic E-state index is -0.643. The van der Waals surface area contributed by atoms with Gasteiger partial charge < -0.3 is 9.47 Å². The molecule has 0 aromatic rings. The number of nitrogens with one attached hydrogen (secondary N) is 1. The molecule has 1 rings (SSSR count). The molecule has 1 saturated heterocycles. The SMILES string of the molecule is CCOC(=O)NN1C(=O)OCC1(C)CC. The van der Waals surface area contributed by atoms with Gasteiger partial charge in [-0.05, 0) is 20.3 Å². The van der Waals surface area contributed by atoms with Crippen LogP contribution in [0.2, 0.25) is 0 Å². The van der Waals surface area contributed by atoms with Crippen molar-refractivity contribution in [2.45, 2.75) is 32.7 Å². The molecule has 1 atom stereocenters. The Morgan fingerprint density at radius 1 is 1.67 bits per heavy atom. The van der Waals surface area contributed by atoms with Crippen LogP contribution < -0.4 is 5.43 Å². The van der Waals surface area contributed by atoms with E-state index in [0.29, 0.717) is 6.42 Å². The molecule has 1 fully saturated rings. The first kappa shape index (κ1) is 11.6. The molecule has 0 radical (unpaired) electrons. The Balaban J connectivity index is 2.65. The third kappa shape index (κ3) is 2.31. The van der Waals surface area contributed by atoms with Crippen LogP contribution in [0.25, 0.3) is 0 Å². The average Bonchev–Trinajstić information content (AvgIpc) is 2.48. The summed E-state index contributed by atoms with van der Waals surface area (Å²) in [7, 11) is 0. The first-order valence-corrected chi connectivity index (χ1v) is 4.94. The van der Waals surface area contributed by atoms with Crippen molar-refractivity contribution in [3.8, 4) is 0 Å². The fourth-order valence-electron chi connectivity index (χ4n) is 1.26. The van der Waals surface area contributed by atoms with E-state index < -0.39 is 17.7 Å². The molecule has 0 saturated carbocycles. The predicted octanol–water partition coefficient (Wildman–Crippen LogP) is 1.27. The van der Waals surface area contributed by atoms with Crippen LogP contribution in [-0.4, -0.2) is 35.9 Å². The molecule has 1 unspecified atom stereocenters. The Kier molecular flexibility index (Phi) is 3.39. The smallest absolute Gasteiger partial charge is 0.429 e. The van der Waals surface area contributed by atoms with Crippen LogP contribution in [0, 0.1) is 0 Å². The van der Waals surface area contributed by atoms with E-state index in [1.54, 1.807) is 6.92 Å². The normalized spacial score (nSPS) is 25.0. The second-order valence-corrected chi connectivity index (χ2v) is 3.57. The Bertz CT molecular complexity index is 269. The van der Waals surface area contributed by atoms with Gasteiger partial charge in [0.1, 0.15) is 6.61 Å². The summed E-state index contributed by atoms with van der Waals surface area (Å²) >= 11 is 0. The molecule has 0 aromatic carbocycles. The van der Waals surface area contributed by atoms with E-state index in [2.05, 4.69) is 5.43 Å². The highest BCUT2D eigenvalue weighted by Crippen LogP contribution is 2.24. The van der Waals surface area contributed by atoms with Crippen molar-refractivity contribution in [3.05, 3.63) is 0 Å². The largest absolute Gasteiger partial charge is 0.449 e. The molecular formula is C9H16N2O4. The summed E-state index contributed by atoms with van der Waals surface area (Å²) in [5.74, 6) is 0. The first-order chi connectivity index (χ1) is 7.03. The monoisotopic (exact) mass is 216 g/mol. The lowest BCUT2D eigenvalue weighted by Gasteiger charge is -2.29. The summed E-state index contributed by atoms with van der Waals surface area (Å²) in [6.45, 7) is 5.99. The van der Waals surface area contributed by atoms with Gasteiger partial charge in [-0.3, -0.25) is 0 Å². The molecule has 15 heavy (non-hydrogen) atoms. The Labute approximate surface area is 88.5 Å². The molecule has 1 heterocycles. The van der Waals surface area contributed by atoms with E-state index in [1.165, 1.54) is 5.01 Å². The van der Waals surface area contributed by atoms with Crippen molar-refractivity contribution in [3.63, 3.8) is 0 Å². The third-order valence-electron chi connectivity index (χ3n) is 2.47. The topological polar surface area (TPSA) is 67.9 Å². The number of amides is 2. The summed E-state index contributed by atoms with van der Waals surface area (Å²) in [5.41, 5.74) is 1.87. The zero-order chi connectivity index (χ0) is 11.5. The van der Waals surface area contributed by atoms with Gasteiger partial charge in [0.2, 0.25) is 0 Å². The number of hydrogen-bond donors (Lipinski definition) is 1. The van der Waals surface area contributed by atoms with Crippen LogP contribution >= 0.6 is 0 Å². The average molecular weight is 216 g/mol. The number of carbonyl (C=O) groups is 2. The fraction of sp³-hybridized carbons (Fsp3) is 0.778. The number of hydrogen-bond acceptors (Lipinski definition) is 4. The highest BCUT2D eigenvalue weighted by molar-refractivity contribution is 5.76. The second kappa shape index (κ2) is 4.37. The number of carbonyl (C=O) groups excluding carboxylic acids is 2. The molecule has 1 N–H and O–H groups in total. The van der Waals surface area contributed by atoms with Crippen LogP contribution in [-0.2, 0) is 9.47 Å². The molecule has 0 aliphatic carbocycles. The molecule has 0 bridgehead atoms. The maximum atomic E-state index is 11.3. The van der Waals surface area contributed by atoms with Crippen molar-refractivity contribution in [2.24, 2.45) is 0 Å². The van der Waals surface area contributed by atoms with Gasteiger partial charge in [-0.2, -0.15) is 0 Å². The molecular weight excluding hydrogens is 200 g/mol. The third-order valence-corrected chi connectivity index (χ3v) is 2.47. The minimum Gasteiger partial charge on any atom is -0.449 e. The fourth-order valence-corrected chi connectivity index (χ4v) is 1.26. The molecule has 0 aromatic heterocycles. The zero-order valence-electron chi connectivity index (χ0n) is 9.20. The second-order valence-electron chi connectivity index (χ2n) is 3.57. The van der Waals surface area contributed by atoms with E-state index in [9.17, 15) is 9.59 Å².